The van der Waals surface area contributed by atoms with E-state index >= 15 is 0 Å². The van der Waals surface area contributed by atoms with Crippen LogP contribution in [-0.4, -0.2) is 49.7 Å². The fraction of sp³-hybridized carbons (Fsp3) is 0.800. The third kappa shape index (κ3) is 8.74. The molecule has 1 amide bonds. The van der Waals surface area contributed by atoms with Gasteiger partial charge in [0, 0.05) is 24.7 Å². The van der Waals surface area contributed by atoms with Crippen molar-refractivity contribution in [1.29, 1.82) is 0 Å². The van der Waals surface area contributed by atoms with E-state index in [2.05, 4.69) is 22.4 Å². The Balaban J connectivity index is 1.30. The minimum atomic E-state index is -0.548. The summed E-state index contributed by atoms with van der Waals surface area (Å²) in [4.78, 5) is 12.1. The van der Waals surface area contributed by atoms with Gasteiger partial charge in [-0.15, -0.1) is 10.2 Å². The zero-order valence-corrected chi connectivity index (χ0v) is 20.7. The number of aliphatic hydroxyl groups is 3. The minimum absolute atomic E-state index is 0.00877. The maximum atomic E-state index is 12.1. The molecule has 7 nitrogen and oxygen atoms in total. The molecule has 33 heavy (non-hydrogen) atoms. The van der Waals surface area contributed by atoms with Gasteiger partial charge in [-0.3, -0.25) is 4.79 Å². The van der Waals surface area contributed by atoms with Crippen LogP contribution in [-0.2, 0) is 4.79 Å². The Morgan fingerprint density at radius 3 is 2.67 bits per heavy atom. The maximum Gasteiger partial charge on any atom is 0.226 e. The predicted molar refractivity (Wildman–Crippen MR) is 131 cm³/mol. The van der Waals surface area contributed by atoms with Gasteiger partial charge in [0.2, 0.25) is 11.0 Å². The quantitative estimate of drug-likeness (QED) is 0.217. The summed E-state index contributed by atoms with van der Waals surface area (Å²) in [5.74, 6) is 0.476. The van der Waals surface area contributed by atoms with Gasteiger partial charge in [0.1, 0.15) is 5.01 Å². The number of rotatable bonds is 15. The number of hydrogen-bond donors (Lipinski definition) is 4. The van der Waals surface area contributed by atoms with Crippen molar-refractivity contribution in [1.82, 2.24) is 10.2 Å². The number of amides is 1. The van der Waals surface area contributed by atoms with E-state index < -0.39 is 18.3 Å². The van der Waals surface area contributed by atoms with Crippen molar-refractivity contribution in [3.63, 3.8) is 0 Å². The first-order valence-electron chi connectivity index (χ1n) is 12.8. The molecule has 5 atom stereocenters. The van der Waals surface area contributed by atoms with E-state index in [-0.39, 0.29) is 17.7 Å². The highest BCUT2D eigenvalue weighted by Crippen LogP contribution is 2.42. The summed E-state index contributed by atoms with van der Waals surface area (Å²) in [7, 11) is 0. The monoisotopic (exact) mass is 479 g/mol. The molecule has 2 saturated carbocycles. The number of aliphatic hydroxyl groups excluding tert-OH is 3. The number of carbonyl (C=O) groups is 1. The number of hydrogen-bond acceptors (Lipinski definition) is 7. The summed E-state index contributed by atoms with van der Waals surface area (Å²) in [5, 5.41) is 43.6. The Kier molecular flexibility index (Phi) is 10.8. The Morgan fingerprint density at radius 1 is 1.12 bits per heavy atom. The molecule has 0 spiro atoms. The first-order chi connectivity index (χ1) is 16.0. The first kappa shape index (κ1) is 26.3. The van der Waals surface area contributed by atoms with Crippen molar-refractivity contribution >= 4 is 22.4 Å². The Bertz CT molecular complexity index is 752. The second-order valence-corrected chi connectivity index (χ2v) is 10.8. The van der Waals surface area contributed by atoms with Crippen molar-refractivity contribution < 1.29 is 20.1 Å². The molecule has 1 aromatic heterocycles. The highest BCUT2D eigenvalue weighted by atomic mass is 32.1. The molecule has 0 bridgehead atoms. The number of nitrogens with one attached hydrogen (secondary N) is 1. The lowest BCUT2D eigenvalue weighted by atomic mass is 9.88. The molecule has 0 aliphatic heterocycles. The van der Waals surface area contributed by atoms with Gasteiger partial charge in [0.05, 0.1) is 18.3 Å². The van der Waals surface area contributed by atoms with Crippen LogP contribution in [0.25, 0.3) is 0 Å². The molecule has 0 unspecified atom stereocenters. The molecule has 0 radical (unpaired) electrons. The highest BCUT2D eigenvalue weighted by molar-refractivity contribution is 7.15. The first-order valence-corrected chi connectivity index (χ1v) is 13.6. The summed E-state index contributed by atoms with van der Waals surface area (Å²) in [5.41, 5.74) is 0. The van der Waals surface area contributed by atoms with E-state index in [0.29, 0.717) is 23.9 Å². The largest absolute Gasteiger partial charge is 0.393 e. The van der Waals surface area contributed by atoms with Crippen LogP contribution < -0.4 is 5.32 Å². The highest BCUT2D eigenvalue weighted by Gasteiger charge is 2.39. The van der Waals surface area contributed by atoms with E-state index in [1.807, 2.05) is 6.08 Å². The molecule has 0 aromatic carbocycles. The second kappa shape index (κ2) is 13.5. The van der Waals surface area contributed by atoms with Gasteiger partial charge in [-0.2, -0.15) is 0 Å². The molecular weight excluding hydrogens is 438 g/mol. The Morgan fingerprint density at radius 2 is 1.91 bits per heavy atom. The van der Waals surface area contributed by atoms with Crippen LogP contribution in [0.15, 0.2) is 12.2 Å². The SMILES string of the molecule is CCCCC[C@H](O)/C=C/[C@@H]1[C@@H](CCCCCCC(=O)Nc2nnc(C3CC3)s2)[C@@H](O)C[C@H]1O. The smallest absolute Gasteiger partial charge is 0.226 e. The second-order valence-electron chi connectivity index (χ2n) is 9.78. The zero-order chi connectivity index (χ0) is 23.6. The van der Waals surface area contributed by atoms with Crippen LogP contribution in [0.2, 0.25) is 0 Å². The molecule has 1 heterocycles. The van der Waals surface area contributed by atoms with Crippen molar-refractivity contribution in [2.45, 2.75) is 115 Å². The van der Waals surface area contributed by atoms with Gasteiger partial charge in [-0.05, 0) is 38.0 Å². The van der Waals surface area contributed by atoms with Crippen LogP contribution in [0.4, 0.5) is 5.13 Å². The van der Waals surface area contributed by atoms with E-state index in [0.717, 1.165) is 62.8 Å². The summed E-state index contributed by atoms with van der Waals surface area (Å²) in [6.45, 7) is 2.14. The van der Waals surface area contributed by atoms with Gasteiger partial charge in [0.15, 0.2) is 0 Å². The molecule has 3 rings (SSSR count). The standard InChI is InChI=1S/C25H41N3O4S/c1-2-3-6-9-18(29)14-15-20-19(21(30)16-22(20)31)10-7-4-5-8-11-23(32)26-25-28-27-24(33-25)17-12-13-17/h14-15,17-22,29-31H,2-13,16H2,1H3,(H,26,28,32)/b15-14+/t18-,19+,20+,21-,22+/m0/s1. The molecule has 186 valence electrons. The minimum Gasteiger partial charge on any atom is -0.393 e. The molecule has 8 heteroatoms. The number of carbonyl (C=O) groups excluding carboxylic acids is 1. The number of anilines is 1. The summed E-state index contributed by atoms with van der Waals surface area (Å²) < 4.78 is 0. The number of aromatic nitrogens is 2. The van der Waals surface area contributed by atoms with Crippen molar-refractivity contribution in [3.05, 3.63) is 17.2 Å². The topological polar surface area (TPSA) is 116 Å². The van der Waals surface area contributed by atoms with Crippen molar-refractivity contribution in [2.75, 3.05) is 5.32 Å². The lowest BCUT2D eigenvalue weighted by Gasteiger charge is -2.21. The van der Waals surface area contributed by atoms with E-state index in [1.54, 1.807) is 6.08 Å². The molecule has 1 aromatic rings. The molecule has 0 saturated heterocycles. The molecule has 2 fully saturated rings. The zero-order valence-electron chi connectivity index (χ0n) is 19.9. The van der Waals surface area contributed by atoms with Gasteiger partial charge in [0.25, 0.3) is 0 Å². The third-order valence-electron chi connectivity index (χ3n) is 6.88. The van der Waals surface area contributed by atoms with Crippen LogP contribution in [0.3, 0.4) is 0 Å². The molecular formula is C25H41N3O4S. The van der Waals surface area contributed by atoms with E-state index in [4.69, 9.17) is 0 Å². The Hall–Kier alpha value is -1.35. The van der Waals surface area contributed by atoms with Crippen molar-refractivity contribution in [3.8, 4) is 0 Å². The van der Waals surface area contributed by atoms with Gasteiger partial charge < -0.3 is 20.6 Å². The molecule has 2 aliphatic carbocycles. The lowest BCUT2D eigenvalue weighted by Crippen LogP contribution is -2.21. The van der Waals surface area contributed by atoms with E-state index in [9.17, 15) is 20.1 Å². The lowest BCUT2D eigenvalue weighted by molar-refractivity contribution is -0.116. The van der Waals surface area contributed by atoms with E-state index in [1.165, 1.54) is 24.2 Å². The van der Waals surface area contributed by atoms with Crippen LogP contribution in [0.5, 0.6) is 0 Å². The third-order valence-corrected chi connectivity index (χ3v) is 7.88. The van der Waals surface area contributed by atoms with Gasteiger partial charge >= 0.3 is 0 Å². The van der Waals surface area contributed by atoms with Gasteiger partial charge in [-0.25, -0.2) is 0 Å². The molecule has 2 aliphatic rings. The normalized spacial score (nSPS) is 26.2. The summed E-state index contributed by atoms with van der Waals surface area (Å²) in [6.07, 6.45) is 14.0. The fourth-order valence-electron chi connectivity index (χ4n) is 4.71. The average molecular weight is 480 g/mol. The predicted octanol–water partition coefficient (Wildman–Crippen LogP) is 4.55. The fourth-order valence-corrected chi connectivity index (χ4v) is 5.64. The van der Waals surface area contributed by atoms with Crippen LogP contribution >= 0.6 is 11.3 Å². The van der Waals surface area contributed by atoms with Crippen molar-refractivity contribution in [2.24, 2.45) is 11.8 Å². The summed E-state index contributed by atoms with van der Waals surface area (Å²) >= 11 is 1.48. The molecule has 4 N–H and O–H groups in total. The van der Waals surface area contributed by atoms with Gasteiger partial charge in [-0.1, -0.05) is 68.9 Å². The Labute approximate surface area is 201 Å². The maximum absolute atomic E-state index is 12.1. The summed E-state index contributed by atoms with van der Waals surface area (Å²) in [6, 6.07) is 0. The van der Waals surface area contributed by atoms with Crippen LogP contribution in [0.1, 0.15) is 101 Å². The van der Waals surface area contributed by atoms with Crippen LogP contribution in [0, 0.1) is 11.8 Å². The number of unbranched alkanes of at least 4 members (excludes halogenated alkanes) is 5. The number of nitrogens with zero attached hydrogens (tertiary/aromatic N) is 2. The average Bonchev–Trinajstić information content (AvgIpc) is 3.47.